The Morgan fingerprint density at radius 2 is 1.93 bits per heavy atom. The second kappa shape index (κ2) is 8.32. The van der Waals surface area contributed by atoms with Crippen LogP contribution in [0.4, 0.5) is 9.52 Å². The van der Waals surface area contributed by atoms with Gasteiger partial charge in [-0.3, -0.25) is 15.1 Å². The third kappa shape index (κ3) is 4.44. The molecule has 4 rings (SSSR count). The molecule has 0 aliphatic carbocycles. The van der Waals surface area contributed by atoms with Gasteiger partial charge < -0.3 is 4.74 Å². The highest BCUT2D eigenvalue weighted by molar-refractivity contribution is 8.01. The molecule has 9 heteroatoms. The maximum Gasteiger partial charge on any atom is 0.264 e. The predicted molar refractivity (Wildman–Crippen MR) is 106 cm³/mol. The van der Waals surface area contributed by atoms with Crippen molar-refractivity contribution in [2.24, 2.45) is 0 Å². The van der Waals surface area contributed by atoms with Crippen LogP contribution in [0.5, 0.6) is 5.75 Å². The van der Waals surface area contributed by atoms with Crippen molar-refractivity contribution < 1.29 is 13.9 Å². The lowest BCUT2D eigenvalue weighted by Crippen LogP contribution is -2.20. The fourth-order valence-electron chi connectivity index (χ4n) is 2.39. The average Bonchev–Trinajstić information content (AvgIpc) is 3.14. The van der Waals surface area contributed by atoms with E-state index in [1.807, 2.05) is 30.3 Å². The van der Waals surface area contributed by atoms with Crippen LogP contribution in [-0.2, 0) is 4.79 Å². The normalized spacial score (nSPS) is 10.8. The summed E-state index contributed by atoms with van der Waals surface area (Å²) in [5, 5.41) is 12.2. The SMILES string of the molecule is O=C(COc1ccc(F)cc1)Nc1nnc(Sc2ccnc3ccccc23)s1. The van der Waals surface area contributed by atoms with E-state index in [9.17, 15) is 9.18 Å². The number of amides is 1. The Morgan fingerprint density at radius 1 is 1.11 bits per heavy atom. The monoisotopic (exact) mass is 412 g/mol. The molecule has 1 amide bonds. The number of para-hydroxylation sites is 1. The summed E-state index contributed by atoms with van der Waals surface area (Å²) in [5.41, 5.74) is 0.906. The first kappa shape index (κ1) is 18.3. The van der Waals surface area contributed by atoms with Crippen LogP contribution < -0.4 is 10.1 Å². The lowest BCUT2D eigenvalue weighted by Gasteiger charge is -2.05. The average molecular weight is 412 g/mol. The number of aromatic nitrogens is 3. The van der Waals surface area contributed by atoms with Crippen molar-refractivity contribution in [3.63, 3.8) is 0 Å². The second-order valence-electron chi connectivity index (χ2n) is 5.59. The number of hydrogen-bond acceptors (Lipinski definition) is 7. The topological polar surface area (TPSA) is 77.0 Å². The summed E-state index contributed by atoms with van der Waals surface area (Å²) >= 11 is 2.73. The Kier molecular flexibility index (Phi) is 5.45. The number of nitrogens with one attached hydrogen (secondary N) is 1. The number of nitrogens with zero attached hydrogens (tertiary/aromatic N) is 3. The quantitative estimate of drug-likeness (QED) is 0.473. The highest BCUT2D eigenvalue weighted by Crippen LogP contribution is 2.35. The number of anilines is 1. The molecule has 1 N–H and O–H groups in total. The summed E-state index contributed by atoms with van der Waals surface area (Å²) in [7, 11) is 0. The van der Waals surface area contributed by atoms with Crippen LogP contribution in [0, 0.1) is 5.82 Å². The molecule has 4 aromatic rings. The van der Waals surface area contributed by atoms with Crippen LogP contribution in [0.2, 0.25) is 0 Å². The Labute approximate surface area is 167 Å². The second-order valence-corrected chi connectivity index (χ2v) is 7.86. The number of ether oxygens (including phenoxy) is 1. The van der Waals surface area contributed by atoms with E-state index in [1.165, 1.54) is 47.4 Å². The first-order valence-electron chi connectivity index (χ1n) is 8.21. The van der Waals surface area contributed by atoms with Crippen LogP contribution in [0.25, 0.3) is 10.9 Å². The lowest BCUT2D eigenvalue weighted by molar-refractivity contribution is -0.118. The molecule has 0 radical (unpaired) electrons. The molecule has 140 valence electrons. The van der Waals surface area contributed by atoms with Gasteiger partial charge in [-0.15, -0.1) is 10.2 Å². The Hall–Kier alpha value is -3.04. The molecule has 2 aromatic heterocycles. The van der Waals surface area contributed by atoms with Crippen molar-refractivity contribution >= 4 is 45.0 Å². The van der Waals surface area contributed by atoms with Gasteiger partial charge in [0, 0.05) is 16.5 Å². The maximum atomic E-state index is 12.9. The van der Waals surface area contributed by atoms with E-state index in [0.717, 1.165) is 15.8 Å². The summed E-state index contributed by atoms with van der Waals surface area (Å²) in [6.45, 7) is -0.206. The van der Waals surface area contributed by atoms with Gasteiger partial charge in [0.1, 0.15) is 11.6 Å². The van der Waals surface area contributed by atoms with E-state index in [-0.39, 0.29) is 18.3 Å². The van der Waals surface area contributed by atoms with Gasteiger partial charge >= 0.3 is 0 Å². The van der Waals surface area contributed by atoms with Gasteiger partial charge in [0.15, 0.2) is 10.9 Å². The maximum absolute atomic E-state index is 12.9. The van der Waals surface area contributed by atoms with E-state index in [0.29, 0.717) is 15.2 Å². The van der Waals surface area contributed by atoms with Crippen molar-refractivity contribution in [2.75, 3.05) is 11.9 Å². The Balaban J connectivity index is 1.37. The number of fused-ring (bicyclic) bond motifs is 1. The van der Waals surface area contributed by atoms with Gasteiger partial charge in [-0.2, -0.15) is 0 Å². The number of pyridine rings is 1. The van der Waals surface area contributed by atoms with Gasteiger partial charge in [-0.25, -0.2) is 4.39 Å². The number of carbonyl (C=O) groups is 1. The molecule has 0 unspecified atom stereocenters. The van der Waals surface area contributed by atoms with Gasteiger partial charge in [0.05, 0.1) is 5.52 Å². The first-order chi connectivity index (χ1) is 13.7. The third-order valence-electron chi connectivity index (χ3n) is 3.64. The first-order valence-corrected chi connectivity index (χ1v) is 9.84. The third-order valence-corrected chi connectivity index (χ3v) is 5.61. The van der Waals surface area contributed by atoms with E-state index >= 15 is 0 Å². The minimum atomic E-state index is -0.369. The van der Waals surface area contributed by atoms with Crippen LogP contribution in [-0.4, -0.2) is 27.7 Å². The zero-order valence-electron chi connectivity index (χ0n) is 14.3. The van der Waals surface area contributed by atoms with Gasteiger partial charge in [-0.1, -0.05) is 41.3 Å². The molecular weight excluding hydrogens is 399 g/mol. The predicted octanol–water partition coefficient (Wildman–Crippen LogP) is 4.39. The molecule has 0 aliphatic rings. The van der Waals surface area contributed by atoms with Crippen molar-refractivity contribution in [3.05, 3.63) is 66.6 Å². The smallest absolute Gasteiger partial charge is 0.264 e. The largest absolute Gasteiger partial charge is 0.484 e. The minimum Gasteiger partial charge on any atom is -0.484 e. The summed E-state index contributed by atoms with van der Waals surface area (Å²) in [4.78, 5) is 17.4. The summed E-state index contributed by atoms with van der Waals surface area (Å²) in [5.74, 6) is -0.321. The number of halogens is 1. The summed E-state index contributed by atoms with van der Waals surface area (Å²) in [6.07, 6.45) is 1.75. The summed E-state index contributed by atoms with van der Waals surface area (Å²) < 4.78 is 18.9. The number of hydrogen-bond donors (Lipinski definition) is 1. The van der Waals surface area contributed by atoms with E-state index < -0.39 is 0 Å². The molecule has 2 aromatic carbocycles. The van der Waals surface area contributed by atoms with Gasteiger partial charge in [0.25, 0.3) is 5.91 Å². The molecule has 28 heavy (non-hydrogen) atoms. The molecule has 0 saturated heterocycles. The van der Waals surface area contributed by atoms with Crippen LogP contribution >= 0.6 is 23.1 Å². The standard InChI is InChI=1S/C19H13FN4O2S2/c20-12-5-7-13(8-6-12)26-11-17(25)22-18-23-24-19(28-18)27-16-9-10-21-15-4-2-1-3-14(15)16/h1-10H,11H2,(H,22,23,25). The molecule has 0 spiro atoms. The molecule has 0 saturated carbocycles. The number of carbonyl (C=O) groups excluding carboxylic acids is 1. The van der Waals surface area contributed by atoms with Crippen LogP contribution in [0.15, 0.2) is 70.0 Å². The molecule has 0 atom stereocenters. The van der Waals surface area contributed by atoms with E-state index in [1.54, 1.807) is 6.20 Å². The Bertz CT molecular complexity index is 1110. The molecule has 6 nitrogen and oxygen atoms in total. The summed E-state index contributed by atoms with van der Waals surface area (Å²) in [6, 6.07) is 15.2. The molecule has 0 bridgehead atoms. The number of benzene rings is 2. The fraction of sp³-hybridized carbons (Fsp3) is 0.0526. The highest BCUT2D eigenvalue weighted by atomic mass is 32.2. The number of rotatable bonds is 6. The molecule has 0 aliphatic heterocycles. The van der Waals surface area contributed by atoms with Crippen molar-refractivity contribution in [2.45, 2.75) is 9.24 Å². The van der Waals surface area contributed by atoms with Crippen LogP contribution in [0.3, 0.4) is 0 Å². The van der Waals surface area contributed by atoms with Gasteiger partial charge in [0.2, 0.25) is 5.13 Å². The highest BCUT2D eigenvalue weighted by Gasteiger charge is 2.11. The van der Waals surface area contributed by atoms with Crippen molar-refractivity contribution in [1.82, 2.24) is 15.2 Å². The van der Waals surface area contributed by atoms with E-state index in [4.69, 9.17) is 4.74 Å². The molecule has 0 fully saturated rings. The van der Waals surface area contributed by atoms with Crippen molar-refractivity contribution in [3.8, 4) is 5.75 Å². The minimum absolute atomic E-state index is 0.206. The molecule has 2 heterocycles. The molecular formula is C19H13FN4O2S2. The Morgan fingerprint density at radius 3 is 2.79 bits per heavy atom. The van der Waals surface area contributed by atoms with Crippen molar-refractivity contribution in [1.29, 1.82) is 0 Å². The van der Waals surface area contributed by atoms with Crippen LogP contribution in [0.1, 0.15) is 0 Å². The van der Waals surface area contributed by atoms with Gasteiger partial charge in [-0.05, 0) is 36.4 Å². The lowest BCUT2D eigenvalue weighted by atomic mass is 10.2. The fourth-order valence-corrected chi connectivity index (χ4v) is 4.24. The zero-order valence-corrected chi connectivity index (χ0v) is 16.0. The van der Waals surface area contributed by atoms with E-state index in [2.05, 4.69) is 20.5 Å². The zero-order chi connectivity index (χ0) is 19.3.